The molecule has 0 aromatic heterocycles. The molecule has 39 heavy (non-hydrogen) atoms. The zero-order valence-electron chi connectivity index (χ0n) is 22.8. The lowest BCUT2D eigenvalue weighted by Crippen LogP contribution is -2.40. The summed E-state index contributed by atoms with van der Waals surface area (Å²) in [4.78, 5) is 27.9. The number of ether oxygens (including phenoxy) is 1. The summed E-state index contributed by atoms with van der Waals surface area (Å²) in [5, 5.41) is 31.9. The van der Waals surface area contributed by atoms with E-state index in [1.165, 1.54) is 4.90 Å². The van der Waals surface area contributed by atoms with Gasteiger partial charge in [0, 0.05) is 12.5 Å². The van der Waals surface area contributed by atoms with Gasteiger partial charge in [0.25, 0.3) is 0 Å². The SMILES string of the molecule is CCCN1C(=O)[C@@H]2[C@@H](CC(COc3ccccc3)=C([C@H](O)CC/C(=C/c3cccc(O)c3)CC)[C@@H]2CO)C1=O. The predicted molar refractivity (Wildman–Crippen MR) is 150 cm³/mol. The van der Waals surface area contributed by atoms with Gasteiger partial charge in [0.15, 0.2) is 0 Å². The van der Waals surface area contributed by atoms with Crippen molar-refractivity contribution in [2.45, 2.75) is 52.1 Å². The Bertz CT molecular complexity index is 1220. The molecule has 4 atom stereocenters. The number of phenolic OH excluding ortho intramolecular Hbond substituents is 1. The monoisotopic (exact) mass is 533 g/mol. The Morgan fingerprint density at radius 1 is 1.10 bits per heavy atom. The summed E-state index contributed by atoms with van der Waals surface area (Å²) in [6.07, 6.45) is 3.88. The van der Waals surface area contributed by atoms with Gasteiger partial charge in [-0.2, -0.15) is 0 Å². The first-order valence-corrected chi connectivity index (χ1v) is 13.9. The van der Waals surface area contributed by atoms with Crippen LogP contribution in [0.4, 0.5) is 0 Å². The molecule has 2 aromatic rings. The highest BCUT2D eigenvalue weighted by Gasteiger charge is 2.54. The molecule has 1 heterocycles. The summed E-state index contributed by atoms with van der Waals surface area (Å²) in [7, 11) is 0. The van der Waals surface area contributed by atoms with E-state index in [4.69, 9.17) is 4.74 Å². The molecule has 3 N–H and O–H groups in total. The molecule has 2 aliphatic rings. The molecule has 0 saturated carbocycles. The van der Waals surface area contributed by atoms with E-state index in [1.807, 2.05) is 56.3 Å². The maximum absolute atomic E-state index is 13.3. The number of allylic oxidation sites excluding steroid dienone is 1. The van der Waals surface area contributed by atoms with Crippen LogP contribution in [0.25, 0.3) is 6.08 Å². The Labute approximate surface area is 230 Å². The molecule has 7 nitrogen and oxygen atoms in total. The van der Waals surface area contributed by atoms with E-state index >= 15 is 0 Å². The second kappa shape index (κ2) is 13.1. The van der Waals surface area contributed by atoms with E-state index in [9.17, 15) is 24.9 Å². The third kappa shape index (κ3) is 6.43. The molecule has 2 aromatic carbocycles. The smallest absolute Gasteiger partial charge is 0.233 e. The molecule has 1 fully saturated rings. The van der Waals surface area contributed by atoms with Crippen LogP contribution in [0.3, 0.4) is 0 Å². The Balaban J connectivity index is 1.62. The highest BCUT2D eigenvalue weighted by atomic mass is 16.5. The fourth-order valence-corrected chi connectivity index (χ4v) is 5.97. The lowest BCUT2D eigenvalue weighted by Gasteiger charge is -2.36. The van der Waals surface area contributed by atoms with Gasteiger partial charge in [-0.15, -0.1) is 0 Å². The largest absolute Gasteiger partial charge is 0.508 e. The standard InChI is InChI=1S/C32H39NO6/c1-3-15-33-31(37)26-18-23(20-39-25-11-6-5-7-12-25)29(27(19-34)30(26)32(33)38)28(36)14-13-21(4-2)16-22-9-8-10-24(35)17-22/h5-12,16-17,26-28,30,34-36H,3-4,13-15,18-20H2,1-2H3/b21-16+/t26-,27+,28-,30-/m1/s1. The molecule has 0 unspecified atom stereocenters. The van der Waals surface area contributed by atoms with Gasteiger partial charge in [0.2, 0.25) is 11.8 Å². The first-order chi connectivity index (χ1) is 18.9. The molecule has 7 heteroatoms. The van der Waals surface area contributed by atoms with Gasteiger partial charge in [0.05, 0.1) is 24.5 Å². The number of hydrogen-bond donors (Lipinski definition) is 3. The summed E-state index contributed by atoms with van der Waals surface area (Å²) < 4.78 is 6.05. The van der Waals surface area contributed by atoms with E-state index in [1.54, 1.807) is 18.2 Å². The van der Waals surface area contributed by atoms with E-state index in [-0.39, 0.29) is 30.8 Å². The number of carbonyl (C=O) groups excluding carboxylic acids is 2. The maximum Gasteiger partial charge on any atom is 0.233 e. The Hall–Kier alpha value is -3.42. The van der Waals surface area contributed by atoms with Gasteiger partial charge >= 0.3 is 0 Å². The molecule has 1 aliphatic carbocycles. The predicted octanol–water partition coefficient (Wildman–Crippen LogP) is 4.73. The number of aliphatic hydroxyl groups excluding tert-OH is 2. The van der Waals surface area contributed by atoms with Crippen molar-refractivity contribution in [3.8, 4) is 11.5 Å². The summed E-state index contributed by atoms with van der Waals surface area (Å²) in [6.45, 7) is 4.17. The molecular weight excluding hydrogens is 494 g/mol. The number of carbonyl (C=O) groups is 2. The van der Waals surface area contributed by atoms with Crippen molar-refractivity contribution >= 4 is 17.9 Å². The average molecular weight is 534 g/mol. The quantitative estimate of drug-likeness (QED) is 0.269. The topological polar surface area (TPSA) is 107 Å². The number of para-hydroxylation sites is 1. The van der Waals surface area contributed by atoms with Crippen LogP contribution in [0.5, 0.6) is 11.5 Å². The number of nitrogens with zero attached hydrogens (tertiary/aromatic N) is 1. The number of benzene rings is 2. The van der Waals surface area contributed by atoms with Crippen molar-refractivity contribution in [1.29, 1.82) is 0 Å². The van der Waals surface area contributed by atoms with Crippen molar-refractivity contribution < 1.29 is 29.6 Å². The fourth-order valence-electron chi connectivity index (χ4n) is 5.97. The van der Waals surface area contributed by atoms with Crippen LogP contribution in [-0.2, 0) is 9.59 Å². The number of aromatic hydroxyl groups is 1. The van der Waals surface area contributed by atoms with Crippen LogP contribution in [0.15, 0.2) is 71.3 Å². The number of amides is 2. The van der Waals surface area contributed by atoms with Crippen LogP contribution in [-0.4, -0.2) is 57.9 Å². The zero-order chi connectivity index (χ0) is 27.9. The molecule has 0 bridgehead atoms. The fraction of sp³-hybridized carbons (Fsp3) is 0.438. The molecule has 2 amide bonds. The van der Waals surface area contributed by atoms with Crippen LogP contribution >= 0.6 is 0 Å². The highest BCUT2D eigenvalue weighted by Crippen LogP contribution is 2.46. The van der Waals surface area contributed by atoms with E-state index in [0.717, 1.165) is 23.1 Å². The van der Waals surface area contributed by atoms with Crippen molar-refractivity contribution in [1.82, 2.24) is 4.90 Å². The van der Waals surface area contributed by atoms with Gasteiger partial charge < -0.3 is 20.1 Å². The van der Waals surface area contributed by atoms with Gasteiger partial charge in [-0.1, -0.05) is 55.8 Å². The van der Waals surface area contributed by atoms with Gasteiger partial charge in [-0.25, -0.2) is 0 Å². The van der Waals surface area contributed by atoms with Crippen molar-refractivity contribution in [2.75, 3.05) is 19.8 Å². The Kier molecular flexibility index (Phi) is 9.59. The molecule has 4 rings (SSSR count). The number of phenols is 1. The summed E-state index contributed by atoms with van der Waals surface area (Å²) in [6, 6.07) is 16.4. The average Bonchev–Trinajstić information content (AvgIpc) is 3.18. The number of aliphatic hydroxyl groups is 2. The Morgan fingerprint density at radius 3 is 2.54 bits per heavy atom. The van der Waals surface area contributed by atoms with E-state index < -0.39 is 23.9 Å². The number of rotatable bonds is 12. The number of imide groups is 1. The molecule has 0 radical (unpaired) electrons. The minimum absolute atomic E-state index is 0.172. The summed E-state index contributed by atoms with van der Waals surface area (Å²) in [5.41, 5.74) is 3.40. The van der Waals surface area contributed by atoms with Gasteiger partial charge in [0.1, 0.15) is 18.1 Å². The van der Waals surface area contributed by atoms with Crippen LogP contribution in [0.2, 0.25) is 0 Å². The molecular formula is C32H39NO6. The molecule has 208 valence electrons. The maximum atomic E-state index is 13.3. The minimum atomic E-state index is -0.903. The second-order valence-corrected chi connectivity index (χ2v) is 10.4. The first kappa shape index (κ1) is 28.6. The number of likely N-dealkylation sites (tertiary alicyclic amines) is 1. The van der Waals surface area contributed by atoms with Crippen LogP contribution in [0, 0.1) is 17.8 Å². The van der Waals surface area contributed by atoms with Gasteiger partial charge in [-0.05, 0) is 73.1 Å². The first-order valence-electron chi connectivity index (χ1n) is 13.9. The third-order valence-electron chi connectivity index (χ3n) is 7.87. The zero-order valence-corrected chi connectivity index (χ0v) is 22.8. The van der Waals surface area contributed by atoms with Crippen molar-refractivity contribution in [3.63, 3.8) is 0 Å². The second-order valence-electron chi connectivity index (χ2n) is 10.4. The number of fused-ring (bicyclic) bond motifs is 1. The third-order valence-corrected chi connectivity index (χ3v) is 7.87. The summed E-state index contributed by atoms with van der Waals surface area (Å²) >= 11 is 0. The van der Waals surface area contributed by atoms with Crippen molar-refractivity contribution in [3.05, 3.63) is 76.9 Å². The Morgan fingerprint density at radius 2 is 1.87 bits per heavy atom. The number of hydrogen-bond acceptors (Lipinski definition) is 6. The van der Waals surface area contributed by atoms with E-state index in [2.05, 4.69) is 0 Å². The van der Waals surface area contributed by atoms with Gasteiger partial charge in [-0.3, -0.25) is 14.5 Å². The molecule has 1 saturated heterocycles. The van der Waals surface area contributed by atoms with Crippen molar-refractivity contribution in [2.24, 2.45) is 17.8 Å². The lowest BCUT2D eigenvalue weighted by molar-refractivity contribution is -0.140. The minimum Gasteiger partial charge on any atom is -0.508 e. The normalized spacial score (nSPS) is 22.3. The van der Waals surface area contributed by atoms with E-state index in [0.29, 0.717) is 43.6 Å². The lowest BCUT2D eigenvalue weighted by atomic mass is 9.68. The van der Waals surface area contributed by atoms with Crippen LogP contribution < -0.4 is 4.74 Å². The molecule has 1 aliphatic heterocycles. The highest BCUT2D eigenvalue weighted by molar-refractivity contribution is 6.05. The van der Waals surface area contributed by atoms with Crippen LogP contribution in [0.1, 0.15) is 51.5 Å². The molecule has 0 spiro atoms. The summed E-state index contributed by atoms with van der Waals surface area (Å²) in [5.74, 6) is -1.45.